The fourth-order valence-electron chi connectivity index (χ4n) is 1.67. The van der Waals surface area contributed by atoms with Crippen molar-refractivity contribution in [2.45, 2.75) is 19.9 Å². The molecule has 16 heavy (non-hydrogen) atoms. The van der Waals surface area contributed by atoms with Crippen LogP contribution in [-0.2, 0) is 0 Å². The van der Waals surface area contributed by atoms with Gasteiger partial charge in [0.15, 0.2) is 0 Å². The van der Waals surface area contributed by atoms with E-state index < -0.39 is 5.97 Å². The fraction of sp³-hybridized carbons (Fsp3) is 0.300. The molecule has 0 amide bonds. The monoisotopic (exact) mass is 283 g/mol. The van der Waals surface area contributed by atoms with Crippen molar-refractivity contribution in [3.8, 4) is 0 Å². The summed E-state index contributed by atoms with van der Waals surface area (Å²) in [6.07, 6.45) is 3.19. The van der Waals surface area contributed by atoms with E-state index >= 15 is 0 Å². The van der Waals surface area contributed by atoms with Gasteiger partial charge < -0.3 is 9.67 Å². The quantitative estimate of drug-likeness (QED) is 0.919. The summed E-state index contributed by atoms with van der Waals surface area (Å²) in [5.41, 5.74) is 1.35. The highest BCUT2D eigenvalue weighted by atomic mass is 79.9. The van der Waals surface area contributed by atoms with Crippen molar-refractivity contribution in [2.75, 3.05) is 0 Å². The lowest BCUT2D eigenvalue weighted by Gasteiger charge is -2.11. The van der Waals surface area contributed by atoms with Crippen LogP contribution in [0, 0.1) is 0 Å². The summed E-state index contributed by atoms with van der Waals surface area (Å²) in [5, 5.41) is 9.09. The van der Waals surface area contributed by atoms with Crippen molar-refractivity contribution in [1.29, 1.82) is 0 Å². The summed E-state index contributed by atoms with van der Waals surface area (Å²) in [6.45, 7) is 3.83. The lowest BCUT2D eigenvalue weighted by molar-refractivity contribution is 0.0677. The molecule has 0 aliphatic heterocycles. The van der Waals surface area contributed by atoms with Gasteiger partial charge in [0, 0.05) is 12.2 Å². The number of aromatic carboxylic acids is 1. The van der Waals surface area contributed by atoms with Gasteiger partial charge in [-0.1, -0.05) is 0 Å². The zero-order valence-corrected chi connectivity index (χ0v) is 10.4. The van der Waals surface area contributed by atoms with Crippen molar-refractivity contribution in [2.24, 2.45) is 0 Å². The van der Waals surface area contributed by atoms with Gasteiger partial charge in [-0.2, -0.15) is 0 Å². The molecule has 84 valence electrons. The maximum absolute atomic E-state index is 11.1. The van der Waals surface area contributed by atoms with E-state index in [1.54, 1.807) is 17.0 Å². The molecule has 2 rings (SSSR count). The number of rotatable bonds is 2. The summed E-state index contributed by atoms with van der Waals surface area (Å²) in [5.74, 6) is -0.990. The second-order valence-electron chi connectivity index (χ2n) is 3.69. The van der Waals surface area contributed by atoms with Crippen molar-refractivity contribution in [1.82, 2.24) is 14.5 Å². The van der Waals surface area contributed by atoms with Crippen LogP contribution < -0.4 is 0 Å². The van der Waals surface area contributed by atoms with Crippen LogP contribution >= 0.6 is 15.9 Å². The molecule has 0 radical (unpaired) electrons. The number of aromatic nitrogens is 3. The molecule has 1 N–H and O–H groups in total. The Morgan fingerprint density at radius 1 is 1.50 bits per heavy atom. The van der Waals surface area contributed by atoms with Gasteiger partial charge in [0.05, 0.1) is 16.2 Å². The number of pyridine rings is 1. The first kappa shape index (κ1) is 11.1. The maximum atomic E-state index is 11.1. The van der Waals surface area contributed by atoms with Crippen molar-refractivity contribution in [3.05, 3.63) is 22.7 Å². The molecule has 0 saturated heterocycles. The molecule has 0 aliphatic rings. The Morgan fingerprint density at radius 2 is 2.19 bits per heavy atom. The third kappa shape index (κ3) is 1.59. The Bertz CT molecular complexity index is 562. The molecule has 0 atom stereocenters. The zero-order chi connectivity index (χ0) is 11.9. The Balaban J connectivity index is 2.88. The average molecular weight is 284 g/mol. The van der Waals surface area contributed by atoms with E-state index in [2.05, 4.69) is 25.9 Å². The number of hydrogen-bond acceptors (Lipinski definition) is 3. The van der Waals surface area contributed by atoms with Gasteiger partial charge in [-0.3, -0.25) is 4.98 Å². The number of hydrogen-bond donors (Lipinski definition) is 1. The van der Waals surface area contributed by atoms with E-state index in [0.29, 0.717) is 5.52 Å². The van der Waals surface area contributed by atoms with Crippen LogP contribution in [0.25, 0.3) is 11.0 Å². The molecule has 0 spiro atoms. The van der Waals surface area contributed by atoms with Crippen LogP contribution in [0.2, 0.25) is 0 Å². The van der Waals surface area contributed by atoms with E-state index in [1.165, 1.54) is 0 Å². The van der Waals surface area contributed by atoms with Gasteiger partial charge in [0.25, 0.3) is 0 Å². The molecular weight excluding hydrogens is 274 g/mol. The minimum absolute atomic E-state index is 0.0230. The molecule has 2 aromatic rings. The summed E-state index contributed by atoms with van der Waals surface area (Å²) < 4.78 is 2.43. The van der Waals surface area contributed by atoms with E-state index in [-0.39, 0.29) is 11.9 Å². The highest BCUT2D eigenvalue weighted by Crippen LogP contribution is 2.26. The van der Waals surface area contributed by atoms with Crippen LogP contribution in [0.3, 0.4) is 0 Å². The third-order valence-electron chi connectivity index (χ3n) is 2.26. The van der Waals surface area contributed by atoms with E-state index in [1.807, 2.05) is 13.8 Å². The van der Waals surface area contributed by atoms with Gasteiger partial charge in [-0.25, -0.2) is 9.78 Å². The van der Waals surface area contributed by atoms with Crippen molar-refractivity contribution >= 4 is 32.9 Å². The van der Waals surface area contributed by atoms with Crippen molar-refractivity contribution in [3.63, 3.8) is 0 Å². The van der Waals surface area contributed by atoms with Gasteiger partial charge in [0.1, 0.15) is 5.52 Å². The predicted octanol–water partition coefficient (Wildman–Crippen LogP) is 2.47. The van der Waals surface area contributed by atoms with Crippen LogP contribution in [0.4, 0.5) is 0 Å². The number of nitrogens with zero attached hydrogens (tertiary/aromatic N) is 3. The number of carboxylic acid groups (broad SMARTS) is 1. The Hall–Kier alpha value is -1.43. The number of fused-ring (bicyclic) bond motifs is 1. The molecule has 0 aliphatic carbocycles. The highest BCUT2D eigenvalue weighted by molar-refractivity contribution is 9.10. The largest absolute Gasteiger partial charge is 0.475 e. The summed E-state index contributed by atoms with van der Waals surface area (Å²) in [7, 11) is 0. The second-order valence-corrected chi connectivity index (χ2v) is 4.55. The number of imidazole rings is 1. The van der Waals surface area contributed by atoms with Crippen LogP contribution in [-0.4, -0.2) is 25.6 Å². The van der Waals surface area contributed by atoms with Gasteiger partial charge in [-0.15, -0.1) is 0 Å². The van der Waals surface area contributed by atoms with Crippen LogP contribution in [0.1, 0.15) is 30.5 Å². The number of halogens is 1. The minimum Gasteiger partial charge on any atom is -0.475 e. The highest BCUT2D eigenvalue weighted by Gasteiger charge is 2.20. The summed E-state index contributed by atoms with van der Waals surface area (Å²) >= 11 is 3.36. The molecule has 0 bridgehead atoms. The minimum atomic E-state index is -1.03. The SMILES string of the molecule is CC(C)n1c(C(=O)O)nc2cncc(Br)c21. The standard InChI is InChI=1S/C10H10BrN3O2/c1-5(2)14-8-6(11)3-12-4-7(8)13-9(14)10(15)16/h3-5H,1-2H3,(H,15,16). The fourth-order valence-corrected chi connectivity index (χ4v) is 2.18. The first-order valence-corrected chi connectivity index (χ1v) is 5.56. The van der Waals surface area contributed by atoms with Crippen LogP contribution in [0.15, 0.2) is 16.9 Å². The normalized spacial score (nSPS) is 11.2. The number of carbonyl (C=O) groups is 1. The molecule has 0 saturated carbocycles. The molecule has 2 aromatic heterocycles. The average Bonchev–Trinajstić information content (AvgIpc) is 2.58. The molecule has 0 fully saturated rings. The Morgan fingerprint density at radius 3 is 2.75 bits per heavy atom. The Labute approximate surface area is 100 Å². The maximum Gasteiger partial charge on any atom is 0.372 e. The van der Waals surface area contributed by atoms with Crippen molar-refractivity contribution < 1.29 is 9.90 Å². The molecule has 0 unspecified atom stereocenters. The Kier molecular flexibility index (Phi) is 2.67. The molecule has 0 aromatic carbocycles. The second kappa shape index (κ2) is 3.86. The summed E-state index contributed by atoms with van der Waals surface area (Å²) in [4.78, 5) is 19.1. The summed E-state index contributed by atoms with van der Waals surface area (Å²) in [6, 6.07) is 0.0230. The lowest BCUT2D eigenvalue weighted by Crippen LogP contribution is -2.11. The molecule has 2 heterocycles. The number of carboxylic acids is 1. The van der Waals surface area contributed by atoms with Gasteiger partial charge in [-0.05, 0) is 29.8 Å². The smallest absolute Gasteiger partial charge is 0.372 e. The van der Waals surface area contributed by atoms with Crippen LogP contribution in [0.5, 0.6) is 0 Å². The zero-order valence-electron chi connectivity index (χ0n) is 8.81. The van der Waals surface area contributed by atoms with Gasteiger partial charge in [0.2, 0.25) is 5.82 Å². The third-order valence-corrected chi connectivity index (χ3v) is 2.84. The topological polar surface area (TPSA) is 68.0 Å². The van der Waals surface area contributed by atoms with E-state index in [0.717, 1.165) is 9.99 Å². The van der Waals surface area contributed by atoms with E-state index in [4.69, 9.17) is 5.11 Å². The lowest BCUT2D eigenvalue weighted by atomic mass is 10.3. The van der Waals surface area contributed by atoms with Gasteiger partial charge >= 0.3 is 5.97 Å². The predicted molar refractivity (Wildman–Crippen MR) is 62.6 cm³/mol. The molecular formula is C10H10BrN3O2. The molecule has 5 nitrogen and oxygen atoms in total. The first-order chi connectivity index (χ1) is 7.52. The first-order valence-electron chi connectivity index (χ1n) is 4.77. The van der Waals surface area contributed by atoms with E-state index in [9.17, 15) is 4.79 Å². The molecule has 6 heteroatoms.